The summed E-state index contributed by atoms with van der Waals surface area (Å²) in [7, 11) is 0. The maximum atomic E-state index is 8.18. The molecule has 0 saturated carbocycles. The average Bonchev–Trinajstić information content (AvgIpc) is 1.57. The van der Waals surface area contributed by atoms with Crippen LogP contribution in [0.4, 0.5) is 22.7 Å². The van der Waals surface area contributed by atoms with Gasteiger partial charge < -0.3 is 14.5 Å². The fourth-order valence-corrected chi connectivity index (χ4v) is 13.8. The van der Waals surface area contributed by atoms with Gasteiger partial charge in [-0.05, 0) is 151 Å². The number of fused-ring (bicyclic) bond motifs is 13. The molecule has 3 heterocycles. The Bertz CT molecular complexity index is 4610. The highest BCUT2D eigenvalue weighted by Gasteiger charge is 2.50. The molecule has 0 unspecified atom stereocenters. The quantitative estimate of drug-likeness (QED) is 0.159. The number of aromatic nitrogens is 2. The molecule has 0 saturated heterocycles. The topological polar surface area (TPSA) is 33.5 Å². The molecule has 2 aliphatic carbocycles. The second-order valence-electron chi connectivity index (χ2n) is 24.5. The third-order valence-electron chi connectivity index (χ3n) is 17.6. The Morgan fingerprint density at radius 3 is 1.83 bits per heavy atom. The maximum absolute atomic E-state index is 8.18. The van der Waals surface area contributed by atoms with Crippen LogP contribution in [-0.2, 0) is 22.7 Å². The third-order valence-corrected chi connectivity index (χ3v) is 17.6. The lowest BCUT2D eigenvalue weighted by atomic mass is 9.61. The fourth-order valence-electron chi connectivity index (χ4n) is 13.8. The normalized spacial score (nSPS) is 14.7. The Morgan fingerprint density at radius 1 is 0.476 bits per heavy atom. The third kappa shape index (κ3) is 7.70. The van der Waals surface area contributed by atoms with Crippen molar-refractivity contribution in [1.82, 2.24) is 9.55 Å². The van der Waals surface area contributed by atoms with E-state index in [1.165, 1.54) is 77.9 Å². The highest BCUT2D eigenvalue weighted by Crippen LogP contribution is 2.62. The molecule has 0 amide bonds. The molecule has 0 bridgehead atoms. The average molecular weight is 1060 g/mol. The summed E-state index contributed by atoms with van der Waals surface area (Å²) >= 11 is 0. The van der Waals surface area contributed by atoms with Crippen molar-refractivity contribution in [2.75, 3.05) is 16.5 Å². The highest BCUT2D eigenvalue weighted by molar-refractivity contribution is 6.10. The zero-order valence-electron chi connectivity index (χ0n) is 50.1. The van der Waals surface area contributed by atoms with Crippen LogP contribution in [0.2, 0.25) is 0 Å². The minimum Gasteiger partial charge on any atom is -0.457 e. The summed E-state index contributed by atoms with van der Waals surface area (Å²) in [5.41, 5.74) is 23.6. The number of hydrogen-bond donors (Lipinski definition) is 0. The second kappa shape index (κ2) is 18.6. The summed E-state index contributed by atoms with van der Waals surface area (Å²) in [6.07, 6.45) is 2.47. The molecule has 398 valence electrons. The second-order valence-corrected chi connectivity index (χ2v) is 24.5. The SMILES string of the molecule is [2H]C([2H])([2H])c1ccnc(-n2c3ccccc3c3ccc(Oc4cccc(N5CN(c6c(-c7cc(C(C)(C)C)cc(C(C)(C)C)c7)cccc6-c6cccc7c6-c6ccccc6C76c7ccccc7Cc7ccccc76)c6ccccc65)c4)cc32)c1. The molecule has 2 aromatic heterocycles. The predicted molar refractivity (Wildman–Crippen MR) is 340 cm³/mol. The van der Waals surface area contributed by atoms with Crippen LogP contribution in [0, 0.1) is 6.85 Å². The van der Waals surface area contributed by atoms with E-state index in [1.54, 1.807) is 18.3 Å². The fraction of sp³-hybridized carbons (Fsp3) is 0.156. The van der Waals surface area contributed by atoms with Gasteiger partial charge in [0.1, 0.15) is 24.0 Å². The minimum absolute atomic E-state index is 0.0997. The van der Waals surface area contributed by atoms with Gasteiger partial charge in [0.2, 0.25) is 0 Å². The van der Waals surface area contributed by atoms with E-state index in [0.29, 0.717) is 24.0 Å². The number of para-hydroxylation sites is 4. The van der Waals surface area contributed by atoms with E-state index in [-0.39, 0.29) is 16.4 Å². The van der Waals surface area contributed by atoms with E-state index in [9.17, 15) is 0 Å². The van der Waals surface area contributed by atoms with E-state index >= 15 is 0 Å². The number of ether oxygens (including phenoxy) is 1. The van der Waals surface area contributed by atoms with Crippen LogP contribution in [0.3, 0.4) is 0 Å². The molecule has 5 heteroatoms. The molecule has 1 spiro atoms. The van der Waals surface area contributed by atoms with Crippen molar-refractivity contribution in [1.29, 1.82) is 0 Å². The first-order valence-corrected chi connectivity index (χ1v) is 28.7. The molecule has 1 aliphatic heterocycles. The number of hydrogen-bond acceptors (Lipinski definition) is 4. The highest BCUT2D eigenvalue weighted by atomic mass is 16.5. The first-order chi connectivity index (χ1) is 41.0. The van der Waals surface area contributed by atoms with Crippen molar-refractivity contribution >= 4 is 44.6 Å². The van der Waals surface area contributed by atoms with Crippen molar-refractivity contribution in [3.63, 3.8) is 0 Å². The van der Waals surface area contributed by atoms with Crippen LogP contribution in [0.5, 0.6) is 11.5 Å². The van der Waals surface area contributed by atoms with Crippen LogP contribution in [0.1, 0.15) is 95.7 Å². The van der Waals surface area contributed by atoms with Gasteiger partial charge >= 0.3 is 0 Å². The predicted octanol–water partition coefficient (Wildman–Crippen LogP) is 19.7. The van der Waals surface area contributed by atoms with Gasteiger partial charge in [-0.3, -0.25) is 4.57 Å². The van der Waals surface area contributed by atoms with Crippen molar-refractivity contribution in [3.05, 3.63) is 287 Å². The van der Waals surface area contributed by atoms with Crippen molar-refractivity contribution in [3.8, 4) is 50.7 Å². The first kappa shape index (κ1) is 46.3. The van der Waals surface area contributed by atoms with Crippen LogP contribution < -0.4 is 14.5 Å². The molecular formula is C77H64N4O. The molecule has 3 aliphatic rings. The standard InChI is InChI=1S/C77H64N4O/c1-49-39-40-78-72(41-49)81-68-34-15-11-25-59(68)60-38-37-57(47-71(60)81)82-56-24-18-23-55(46-56)79-48-80(70-36-17-16-35-69(70)79)74-58(52-43-53(75(2,3)4)45-54(44-52)76(5,6)7)27-19-29-62(74)61-28-20-33-67-73(61)63-26-10-14-32-66(63)77(67)64-30-12-8-21-50(64)42-51-22-9-13-31-65(51)77/h8-41,43-47H,42,48H2,1-7H3/i1D3. The van der Waals surface area contributed by atoms with Crippen molar-refractivity contribution in [2.24, 2.45) is 0 Å². The number of aryl methyl sites for hydroxylation is 1. The van der Waals surface area contributed by atoms with Gasteiger partial charge in [-0.15, -0.1) is 0 Å². The zero-order valence-corrected chi connectivity index (χ0v) is 47.1. The van der Waals surface area contributed by atoms with Gasteiger partial charge in [0.15, 0.2) is 0 Å². The number of pyridine rings is 1. The lowest BCUT2D eigenvalue weighted by Crippen LogP contribution is -2.34. The van der Waals surface area contributed by atoms with E-state index in [1.807, 2.05) is 41.0 Å². The van der Waals surface area contributed by atoms with Gasteiger partial charge in [-0.25, -0.2) is 4.98 Å². The van der Waals surface area contributed by atoms with Gasteiger partial charge in [0, 0.05) is 50.0 Å². The monoisotopic (exact) mass is 1060 g/mol. The van der Waals surface area contributed by atoms with Gasteiger partial charge in [0.25, 0.3) is 0 Å². The number of rotatable bonds is 7. The van der Waals surface area contributed by atoms with E-state index in [0.717, 1.165) is 51.0 Å². The van der Waals surface area contributed by atoms with Crippen LogP contribution in [-0.4, -0.2) is 16.2 Å². The van der Waals surface area contributed by atoms with Crippen molar-refractivity contribution < 1.29 is 8.85 Å². The molecule has 10 aromatic carbocycles. The van der Waals surface area contributed by atoms with Crippen LogP contribution in [0.15, 0.2) is 237 Å². The summed E-state index contributed by atoms with van der Waals surface area (Å²) in [5.74, 6) is 1.86. The number of nitrogens with zero attached hydrogens (tertiary/aromatic N) is 4. The molecule has 5 nitrogen and oxygen atoms in total. The van der Waals surface area contributed by atoms with Crippen LogP contribution >= 0.6 is 0 Å². The van der Waals surface area contributed by atoms with Crippen LogP contribution in [0.25, 0.3) is 61.0 Å². The molecule has 0 radical (unpaired) electrons. The summed E-state index contributed by atoms with van der Waals surface area (Å²) in [6.45, 7) is 12.2. The molecule has 15 rings (SSSR count). The molecule has 0 fully saturated rings. The Labute approximate surface area is 485 Å². The molecule has 12 aromatic rings. The summed E-state index contributed by atoms with van der Waals surface area (Å²) in [6, 6.07) is 83.5. The number of benzene rings is 10. The van der Waals surface area contributed by atoms with Gasteiger partial charge in [-0.2, -0.15) is 0 Å². The molecule has 0 N–H and O–H groups in total. The Kier molecular flexibility index (Phi) is 10.5. The first-order valence-electron chi connectivity index (χ1n) is 30.2. The zero-order chi connectivity index (χ0) is 58.1. The van der Waals surface area contributed by atoms with Gasteiger partial charge in [-0.1, -0.05) is 205 Å². The summed E-state index contributed by atoms with van der Waals surface area (Å²) in [4.78, 5) is 9.67. The molecule has 0 atom stereocenters. The van der Waals surface area contributed by atoms with Crippen molar-refractivity contribution in [2.45, 2.75) is 71.1 Å². The Morgan fingerprint density at radius 2 is 1.07 bits per heavy atom. The van der Waals surface area contributed by atoms with E-state index < -0.39 is 12.3 Å². The summed E-state index contributed by atoms with van der Waals surface area (Å²) < 4.78 is 33.5. The lowest BCUT2D eigenvalue weighted by molar-refractivity contribution is 0.483. The molecule has 82 heavy (non-hydrogen) atoms. The minimum atomic E-state index is -2.28. The smallest absolute Gasteiger partial charge is 0.137 e. The van der Waals surface area contributed by atoms with Gasteiger partial charge in [0.05, 0.1) is 33.5 Å². The lowest BCUT2D eigenvalue weighted by Gasteiger charge is -2.40. The maximum Gasteiger partial charge on any atom is 0.137 e. The number of anilines is 4. The van der Waals surface area contributed by atoms with E-state index in [4.69, 9.17) is 13.8 Å². The Hall–Kier alpha value is -9.45. The Balaban J connectivity index is 0.895. The largest absolute Gasteiger partial charge is 0.457 e. The molecular weight excluding hydrogens is 997 g/mol. The summed E-state index contributed by atoms with van der Waals surface area (Å²) in [5, 5.41) is 2.05. The van der Waals surface area contributed by atoms with E-state index in [2.05, 4.69) is 233 Å².